The normalized spacial score (nSPS) is 11.0. The minimum absolute atomic E-state index is 0.178. The van der Waals surface area contributed by atoms with E-state index in [1.165, 1.54) is 30.7 Å². The van der Waals surface area contributed by atoms with E-state index in [1.54, 1.807) is 12.1 Å². The molecule has 0 fully saturated rings. The zero-order valence-electron chi connectivity index (χ0n) is 13.5. The molecule has 2 rings (SSSR count). The molecular weight excluding hydrogens is 302 g/mol. The zero-order chi connectivity index (χ0) is 16.8. The molecule has 1 heterocycles. The Morgan fingerprint density at radius 1 is 1.27 bits per heavy atom. The molecule has 22 heavy (non-hydrogen) atoms. The Hall–Kier alpha value is -1.73. The minimum Gasteiger partial charge on any atom is -0.744 e. The van der Waals surface area contributed by atoms with Crippen molar-refractivity contribution in [3.63, 3.8) is 0 Å². The maximum atomic E-state index is 10.4. The molecular formula is C15H23N3O3S. The predicted molar refractivity (Wildman–Crippen MR) is 82.1 cm³/mol. The van der Waals surface area contributed by atoms with Crippen LogP contribution in [0.5, 0.6) is 0 Å². The van der Waals surface area contributed by atoms with Crippen molar-refractivity contribution in [1.29, 1.82) is 0 Å². The average molecular weight is 325 g/mol. The Bertz CT molecular complexity index is 691. The smallest absolute Gasteiger partial charge is 0.167 e. The van der Waals surface area contributed by atoms with Crippen LogP contribution >= 0.6 is 0 Å². The first-order valence-corrected chi connectivity index (χ1v) is 8.56. The van der Waals surface area contributed by atoms with Gasteiger partial charge in [-0.1, -0.05) is 31.0 Å². The molecule has 0 unspecified atom stereocenters. The lowest BCUT2D eigenvalue weighted by atomic mass is 10.2. The second kappa shape index (κ2) is 8.05. The van der Waals surface area contributed by atoms with Gasteiger partial charge in [0, 0.05) is 6.42 Å². The molecule has 0 aliphatic heterocycles. The van der Waals surface area contributed by atoms with Crippen molar-refractivity contribution in [3.8, 4) is 0 Å². The van der Waals surface area contributed by atoms with Gasteiger partial charge in [-0.15, -0.1) is 9.36 Å². The Kier molecular flexibility index (Phi) is 6.70. The fourth-order valence-corrected chi connectivity index (χ4v) is 2.35. The van der Waals surface area contributed by atoms with Gasteiger partial charge in [0.2, 0.25) is 0 Å². The Labute approximate surface area is 132 Å². The Morgan fingerprint density at radius 2 is 1.86 bits per heavy atom. The molecule has 0 N–H and O–H groups in total. The summed E-state index contributed by atoms with van der Waals surface area (Å²) in [5.74, 6) is 0. The quantitative estimate of drug-likeness (QED) is 0.630. The lowest BCUT2D eigenvalue weighted by Gasteiger charge is -2.05. The number of aryl methyl sites for hydroxylation is 4. The molecule has 0 aliphatic carbocycles. The lowest BCUT2D eigenvalue weighted by molar-refractivity contribution is -0.732. The molecule has 122 valence electrons. The van der Waals surface area contributed by atoms with Crippen molar-refractivity contribution in [1.82, 2.24) is 9.90 Å². The summed E-state index contributed by atoms with van der Waals surface area (Å²) in [5, 5.41) is 4.20. The molecule has 1 aromatic heterocycles. The summed E-state index contributed by atoms with van der Waals surface area (Å²) in [6.45, 7) is 4.03. The second-order valence-corrected chi connectivity index (χ2v) is 6.56. The van der Waals surface area contributed by atoms with Gasteiger partial charge in [0.15, 0.2) is 11.9 Å². The lowest BCUT2D eigenvalue weighted by Crippen LogP contribution is -2.29. The SMILES string of the molecule is CCCCc1c[n+](C)nn1C.Cc1ccc(S(=O)(=O)[O-])cc1. The van der Waals surface area contributed by atoms with E-state index in [2.05, 4.69) is 18.3 Å². The van der Waals surface area contributed by atoms with E-state index in [1.807, 2.05) is 30.4 Å². The van der Waals surface area contributed by atoms with E-state index in [0.717, 1.165) is 12.0 Å². The first-order valence-electron chi connectivity index (χ1n) is 7.15. The number of benzene rings is 1. The Morgan fingerprint density at radius 3 is 2.27 bits per heavy atom. The molecule has 0 atom stereocenters. The van der Waals surface area contributed by atoms with Crippen molar-refractivity contribution in [2.75, 3.05) is 0 Å². The first-order chi connectivity index (χ1) is 10.2. The number of hydrogen-bond donors (Lipinski definition) is 0. The van der Waals surface area contributed by atoms with Crippen LogP contribution in [0.2, 0.25) is 0 Å². The summed E-state index contributed by atoms with van der Waals surface area (Å²) in [6.07, 6.45) is 5.71. The maximum absolute atomic E-state index is 10.4. The molecule has 7 heteroatoms. The van der Waals surface area contributed by atoms with Crippen molar-refractivity contribution in [2.24, 2.45) is 14.1 Å². The summed E-state index contributed by atoms with van der Waals surface area (Å²) < 4.78 is 35.0. The number of rotatable bonds is 4. The van der Waals surface area contributed by atoms with Crippen LogP contribution in [0.1, 0.15) is 31.0 Å². The monoisotopic (exact) mass is 325 g/mol. The van der Waals surface area contributed by atoms with Crippen molar-refractivity contribution in [2.45, 2.75) is 38.0 Å². The van der Waals surface area contributed by atoms with Crippen LogP contribution in [0, 0.1) is 6.92 Å². The Balaban J connectivity index is 0.000000220. The van der Waals surface area contributed by atoms with Gasteiger partial charge in [0.05, 0.1) is 10.1 Å². The molecule has 2 aromatic rings. The van der Waals surface area contributed by atoms with Gasteiger partial charge in [-0.25, -0.2) is 8.42 Å². The van der Waals surface area contributed by atoms with Crippen molar-refractivity contribution >= 4 is 10.1 Å². The van der Waals surface area contributed by atoms with Gasteiger partial charge in [-0.2, -0.15) is 0 Å². The summed E-state index contributed by atoms with van der Waals surface area (Å²) in [7, 11) is -0.325. The third kappa shape index (κ3) is 5.95. The van der Waals surface area contributed by atoms with Crippen LogP contribution in [0.3, 0.4) is 0 Å². The van der Waals surface area contributed by atoms with Gasteiger partial charge in [0.1, 0.15) is 24.2 Å². The van der Waals surface area contributed by atoms with Crippen LogP contribution in [0.4, 0.5) is 0 Å². The molecule has 1 aromatic carbocycles. The number of aromatic nitrogens is 3. The maximum Gasteiger partial charge on any atom is 0.167 e. The highest BCUT2D eigenvalue weighted by atomic mass is 32.2. The van der Waals surface area contributed by atoms with E-state index < -0.39 is 10.1 Å². The highest BCUT2D eigenvalue weighted by molar-refractivity contribution is 7.85. The fraction of sp³-hybridized carbons (Fsp3) is 0.467. The molecule has 0 aliphatic rings. The largest absolute Gasteiger partial charge is 0.744 e. The molecule has 0 saturated heterocycles. The molecule has 0 spiro atoms. The van der Waals surface area contributed by atoms with E-state index in [0.29, 0.717) is 0 Å². The molecule has 0 amide bonds. The van der Waals surface area contributed by atoms with Crippen molar-refractivity contribution < 1.29 is 17.7 Å². The molecule has 6 nitrogen and oxygen atoms in total. The summed E-state index contributed by atoms with van der Waals surface area (Å²) in [5.41, 5.74) is 2.24. The number of unbranched alkanes of at least 4 members (excludes halogenated alkanes) is 1. The van der Waals surface area contributed by atoms with E-state index in [4.69, 9.17) is 0 Å². The third-order valence-corrected chi connectivity index (χ3v) is 3.97. The van der Waals surface area contributed by atoms with Crippen LogP contribution in [0.25, 0.3) is 0 Å². The van der Waals surface area contributed by atoms with Crippen LogP contribution in [-0.2, 0) is 30.6 Å². The van der Waals surface area contributed by atoms with Crippen molar-refractivity contribution in [3.05, 3.63) is 41.7 Å². The molecule has 0 saturated carbocycles. The van der Waals surface area contributed by atoms with Crippen LogP contribution in [-0.4, -0.2) is 22.9 Å². The highest BCUT2D eigenvalue weighted by Crippen LogP contribution is 2.08. The fourth-order valence-electron chi connectivity index (χ4n) is 1.88. The highest BCUT2D eigenvalue weighted by Gasteiger charge is 2.07. The average Bonchev–Trinajstić information content (AvgIpc) is 2.75. The summed E-state index contributed by atoms with van der Waals surface area (Å²) in [4.78, 5) is -0.178. The summed E-state index contributed by atoms with van der Waals surface area (Å²) >= 11 is 0. The third-order valence-electron chi connectivity index (χ3n) is 3.12. The molecule has 0 radical (unpaired) electrons. The standard InChI is InChI=1S/C8H16N3.C7H8O3S/c1-4-5-6-8-7-10(2)9-11(8)3;1-6-2-4-7(5-3-6)11(8,9)10/h7H,4-6H2,1-3H3;2-5H,1H3,(H,8,9,10)/q+1;/p-1. The zero-order valence-corrected chi connectivity index (χ0v) is 14.3. The van der Waals surface area contributed by atoms with Gasteiger partial charge in [0.25, 0.3) is 0 Å². The van der Waals surface area contributed by atoms with E-state index in [9.17, 15) is 13.0 Å². The summed E-state index contributed by atoms with van der Waals surface area (Å²) in [6, 6.07) is 5.78. The van der Waals surface area contributed by atoms with Crippen LogP contribution in [0.15, 0.2) is 35.4 Å². The van der Waals surface area contributed by atoms with Gasteiger partial charge >= 0.3 is 0 Å². The number of hydrogen-bond acceptors (Lipinski definition) is 4. The predicted octanol–water partition coefficient (Wildman–Crippen LogP) is 1.49. The van der Waals surface area contributed by atoms with Gasteiger partial charge in [-0.3, -0.25) is 0 Å². The molecule has 0 bridgehead atoms. The number of nitrogens with zero attached hydrogens (tertiary/aromatic N) is 3. The van der Waals surface area contributed by atoms with Gasteiger partial charge in [-0.05, 0) is 25.5 Å². The first kappa shape index (κ1) is 18.3. The van der Waals surface area contributed by atoms with E-state index in [-0.39, 0.29) is 4.90 Å². The minimum atomic E-state index is -4.27. The topological polar surface area (TPSA) is 78.9 Å². The second-order valence-electron chi connectivity index (χ2n) is 5.18. The van der Waals surface area contributed by atoms with E-state index >= 15 is 0 Å². The van der Waals surface area contributed by atoms with Crippen LogP contribution < -0.4 is 4.68 Å². The van der Waals surface area contributed by atoms with Gasteiger partial charge < -0.3 is 4.55 Å².